The van der Waals surface area contributed by atoms with Crippen LogP contribution in [-0.4, -0.2) is 25.2 Å². The lowest BCUT2D eigenvalue weighted by atomic mass is 10.0. The molecule has 0 aliphatic heterocycles. The molecule has 0 radical (unpaired) electrons. The van der Waals surface area contributed by atoms with E-state index in [4.69, 9.17) is 11.6 Å². The van der Waals surface area contributed by atoms with Crippen LogP contribution in [-0.2, 0) is 9.84 Å². The highest BCUT2D eigenvalue weighted by molar-refractivity contribution is 7.93. The summed E-state index contributed by atoms with van der Waals surface area (Å²) in [6.07, 6.45) is 0.945. The van der Waals surface area contributed by atoms with Crippen molar-refractivity contribution in [3.8, 4) is 11.1 Å². The van der Waals surface area contributed by atoms with Gasteiger partial charge in [-0.1, -0.05) is 66.2 Å². The van der Waals surface area contributed by atoms with Gasteiger partial charge < -0.3 is 0 Å². The van der Waals surface area contributed by atoms with Crippen LogP contribution >= 0.6 is 11.6 Å². The first-order valence-electron chi connectivity index (χ1n) is 5.92. The van der Waals surface area contributed by atoms with Crippen LogP contribution in [0.15, 0.2) is 54.6 Å². The lowest BCUT2D eigenvalue weighted by molar-refractivity contribution is 0.101. The lowest BCUT2D eigenvalue weighted by Gasteiger charge is -2.07. The molecule has 0 fully saturated rings. The van der Waals surface area contributed by atoms with E-state index >= 15 is 0 Å². The summed E-state index contributed by atoms with van der Waals surface area (Å²) in [5.74, 6) is -0.603. The highest BCUT2D eigenvalue weighted by atomic mass is 35.5. The molecular weight excluding hydrogens is 296 g/mol. The number of ketones is 1. The molecule has 0 aliphatic rings. The van der Waals surface area contributed by atoms with Crippen molar-refractivity contribution in [2.24, 2.45) is 0 Å². The molecular formula is C15H13ClO3S. The van der Waals surface area contributed by atoms with Crippen LogP contribution in [0.5, 0.6) is 0 Å². The van der Waals surface area contributed by atoms with Crippen molar-refractivity contribution in [2.45, 2.75) is 4.71 Å². The third-order valence-corrected chi connectivity index (χ3v) is 4.99. The van der Waals surface area contributed by atoms with Crippen LogP contribution in [0, 0.1) is 0 Å². The zero-order valence-corrected chi connectivity index (χ0v) is 12.4. The summed E-state index contributed by atoms with van der Waals surface area (Å²) < 4.78 is 21.0. The summed E-state index contributed by atoms with van der Waals surface area (Å²) in [6, 6.07) is 16.4. The molecule has 0 bridgehead atoms. The number of carbonyl (C=O) groups excluding carboxylic acids is 1. The molecule has 0 spiro atoms. The Bertz CT molecular complexity index is 707. The van der Waals surface area contributed by atoms with Gasteiger partial charge in [-0.3, -0.25) is 4.79 Å². The molecule has 1 atom stereocenters. The van der Waals surface area contributed by atoms with Crippen molar-refractivity contribution >= 4 is 27.2 Å². The van der Waals surface area contributed by atoms with Crippen molar-refractivity contribution in [1.29, 1.82) is 0 Å². The van der Waals surface area contributed by atoms with Crippen LogP contribution in [0.3, 0.4) is 0 Å². The van der Waals surface area contributed by atoms with Gasteiger partial charge in [-0.05, 0) is 11.1 Å². The SMILES string of the molecule is CS(=O)(=O)[C@H](Cl)C(=O)c1ccc(-c2ccccc2)cc1. The molecule has 5 heteroatoms. The van der Waals surface area contributed by atoms with E-state index in [0.29, 0.717) is 0 Å². The first-order valence-corrected chi connectivity index (χ1v) is 8.31. The Morgan fingerprint density at radius 1 is 0.950 bits per heavy atom. The molecule has 104 valence electrons. The quantitative estimate of drug-likeness (QED) is 0.644. The molecule has 0 heterocycles. The number of carbonyl (C=O) groups is 1. The van der Waals surface area contributed by atoms with Gasteiger partial charge in [-0.25, -0.2) is 8.42 Å². The van der Waals surface area contributed by atoms with Crippen molar-refractivity contribution in [1.82, 2.24) is 0 Å². The Hall–Kier alpha value is -1.65. The summed E-state index contributed by atoms with van der Waals surface area (Å²) in [5.41, 5.74) is 2.26. The summed E-state index contributed by atoms with van der Waals surface area (Å²) in [7, 11) is -3.60. The molecule has 2 rings (SSSR count). The number of rotatable bonds is 4. The van der Waals surface area contributed by atoms with E-state index in [2.05, 4.69) is 0 Å². The fourth-order valence-corrected chi connectivity index (χ4v) is 2.43. The Labute approximate surface area is 123 Å². The minimum Gasteiger partial charge on any atom is -0.291 e. The molecule has 2 aromatic carbocycles. The highest BCUT2D eigenvalue weighted by Gasteiger charge is 2.27. The van der Waals surface area contributed by atoms with Gasteiger partial charge in [0.2, 0.25) is 0 Å². The number of sulfone groups is 1. The van der Waals surface area contributed by atoms with Gasteiger partial charge in [0.15, 0.2) is 20.3 Å². The van der Waals surface area contributed by atoms with Crippen LogP contribution in [0.2, 0.25) is 0 Å². The maximum Gasteiger partial charge on any atom is 0.197 e. The molecule has 20 heavy (non-hydrogen) atoms. The predicted octanol–water partition coefficient (Wildman–Crippen LogP) is 3.15. The molecule has 0 saturated carbocycles. The number of Topliss-reactive ketones (excluding diaryl/α,β-unsaturated/α-hetero) is 1. The van der Waals surface area contributed by atoms with Gasteiger partial charge in [0.05, 0.1) is 0 Å². The summed E-state index contributed by atoms with van der Waals surface area (Å²) >= 11 is 5.66. The number of alkyl halides is 1. The smallest absolute Gasteiger partial charge is 0.197 e. The number of benzene rings is 2. The molecule has 0 saturated heterocycles. The van der Waals surface area contributed by atoms with E-state index in [-0.39, 0.29) is 5.56 Å². The van der Waals surface area contributed by atoms with Crippen LogP contribution < -0.4 is 0 Å². The average Bonchev–Trinajstić information content (AvgIpc) is 2.46. The van der Waals surface area contributed by atoms with Crippen LogP contribution in [0.25, 0.3) is 11.1 Å². The Balaban J connectivity index is 2.27. The largest absolute Gasteiger partial charge is 0.291 e. The van der Waals surface area contributed by atoms with E-state index in [1.165, 1.54) is 0 Å². The van der Waals surface area contributed by atoms with Gasteiger partial charge in [-0.2, -0.15) is 0 Å². The molecule has 0 N–H and O–H groups in total. The normalized spacial score (nSPS) is 12.9. The molecule has 2 aromatic rings. The van der Waals surface area contributed by atoms with Crippen molar-refractivity contribution in [3.63, 3.8) is 0 Å². The maximum absolute atomic E-state index is 11.9. The fourth-order valence-electron chi connectivity index (χ4n) is 1.78. The fraction of sp³-hybridized carbons (Fsp3) is 0.133. The Morgan fingerprint density at radius 3 is 1.95 bits per heavy atom. The van der Waals surface area contributed by atoms with Gasteiger partial charge in [0, 0.05) is 11.8 Å². The number of hydrogen-bond donors (Lipinski definition) is 0. The summed E-state index contributed by atoms with van der Waals surface area (Å²) in [5, 5.41) is 0. The van der Waals surface area contributed by atoms with Crippen molar-refractivity contribution < 1.29 is 13.2 Å². The second kappa shape index (κ2) is 5.77. The van der Waals surface area contributed by atoms with Crippen molar-refractivity contribution in [3.05, 3.63) is 60.2 Å². The topological polar surface area (TPSA) is 51.2 Å². The van der Waals surface area contributed by atoms with Gasteiger partial charge in [0.25, 0.3) is 0 Å². The second-order valence-corrected chi connectivity index (χ2v) is 7.28. The molecule has 0 amide bonds. The van der Waals surface area contributed by atoms with E-state index in [1.54, 1.807) is 24.3 Å². The maximum atomic E-state index is 11.9. The third-order valence-electron chi connectivity index (χ3n) is 2.86. The Kier molecular flexibility index (Phi) is 4.26. The summed E-state index contributed by atoms with van der Waals surface area (Å²) in [6.45, 7) is 0. The van der Waals surface area contributed by atoms with Crippen LogP contribution in [0.4, 0.5) is 0 Å². The van der Waals surface area contributed by atoms with Gasteiger partial charge in [0.1, 0.15) is 0 Å². The number of hydrogen-bond acceptors (Lipinski definition) is 3. The highest BCUT2D eigenvalue weighted by Crippen LogP contribution is 2.21. The van der Waals surface area contributed by atoms with Gasteiger partial charge >= 0.3 is 0 Å². The number of halogens is 1. The zero-order valence-electron chi connectivity index (χ0n) is 10.8. The first kappa shape index (κ1) is 14.8. The lowest BCUT2D eigenvalue weighted by Crippen LogP contribution is -2.23. The Morgan fingerprint density at radius 2 is 1.45 bits per heavy atom. The molecule has 0 unspecified atom stereocenters. The second-order valence-electron chi connectivity index (χ2n) is 4.45. The summed E-state index contributed by atoms with van der Waals surface area (Å²) in [4.78, 5) is 11.9. The zero-order chi connectivity index (χ0) is 14.8. The predicted molar refractivity (Wildman–Crippen MR) is 80.7 cm³/mol. The van der Waals surface area contributed by atoms with Crippen molar-refractivity contribution in [2.75, 3.05) is 6.26 Å². The van der Waals surface area contributed by atoms with E-state index < -0.39 is 20.3 Å². The minimum absolute atomic E-state index is 0.287. The van der Waals surface area contributed by atoms with Crippen LogP contribution in [0.1, 0.15) is 10.4 Å². The third kappa shape index (κ3) is 3.26. The van der Waals surface area contributed by atoms with E-state index in [9.17, 15) is 13.2 Å². The molecule has 0 aliphatic carbocycles. The van der Waals surface area contributed by atoms with Gasteiger partial charge in [-0.15, -0.1) is 0 Å². The standard InChI is InChI=1S/C15H13ClO3S/c1-20(18,19)15(16)14(17)13-9-7-12(8-10-13)11-5-3-2-4-6-11/h2-10,15H,1H3/t15-/m0/s1. The molecule has 3 nitrogen and oxygen atoms in total. The van der Waals surface area contributed by atoms with E-state index in [1.807, 2.05) is 30.3 Å². The van der Waals surface area contributed by atoms with E-state index in [0.717, 1.165) is 17.4 Å². The molecule has 0 aromatic heterocycles. The average molecular weight is 309 g/mol. The minimum atomic E-state index is -3.60. The first-order chi connectivity index (χ1) is 9.39. The monoisotopic (exact) mass is 308 g/mol.